The third kappa shape index (κ3) is 3.73. The smallest absolute Gasteiger partial charge is 0.338 e. The van der Waals surface area contributed by atoms with E-state index in [1.165, 1.54) is 6.07 Å². The van der Waals surface area contributed by atoms with Crippen LogP contribution in [0.15, 0.2) is 48.5 Å². The van der Waals surface area contributed by atoms with Gasteiger partial charge in [0.2, 0.25) is 0 Å². The molecule has 0 atom stereocenters. The van der Waals surface area contributed by atoms with Crippen LogP contribution in [0.3, 0.4) is 0 Å². The fourth-order valence-electron chi connectivity index (χ4n) is 1.66. The number of esters is 1. The Morgan fingerprint density at radius 3 is 2.58 bits per heavy atom. The van der Waals surface area contributed by atoms with Gasteiger partial charge in [-0.3, -0.25) is 0 Å². The van der Waals surface area contributed by atoms with Gasteiger partial charge in [0.25, 0.3) is 0 Å². The molecule has 3 nitrogen and oxygen atoms in total. The largest absolute Gasteiger partial charge is 0.462 e. The average molecular weight is 276 g/mol. The predicted molar refractivity (Wildman–Crippen MR) is 76.3 cm³/mol. The van der Waals surface area contributed by atoms with Crippen LogP contribution in [-0.4, -0.2) is 12.6 Å². The van der Waals surface area contributed by atoms with E-state index in [2.05, 4.69) is 0 Å². The lowest BCUT2D eigenvalue weighted by atomic mass is 10.2. The van der Waals surface area contributed by atoms with Crippen LogP contribution in [0.2, 0.25) is 5.02 Å². The topological polar surface area (TPSA) is 52.3 Å². The summed E-state index contributed by atoms with van der Waals surface area (Å²) in [5.41, 5.74) is 7.56. The third-order valence-electron chi connectivity index (χ3n) is 2.70. The van der Waals surface area contributed by atoms with Crippen LogP contribution in [0.25, 0.3) is 0 Å². The molecule has 0 fully saturated rings. The normalized spacial score (nSPS) is 10.2. The molecule has 0 amide bonds. The van der Waals surface area contributed by atoms with Gasteiger partial charge >= 0.3 is 5.97 Å². The third-order valence-corrected chi connectivity index (χ3v) is 3.04. The molecule has 2 N–H and O–H groups in total. The second kappa shape index (κ2) is 6.25. The van der Waals surface area contributed by atoms with E-state index in [1.807, 2.05) is 30.3 Å². The SMILES string of the molecule is Nc1cc(C(=O)OCCc2ccccc2)ccc1Cl. The number of hydrogen-bond donors (Lipinski definition) is 1. The zero-order chi connectivity index (χ0) is 13.7. The van der Waals surface area contributed by atoms with Gasteiger partial charge in [-0.05, 0) is 23.8 Å². The summed E-state index contributed by atoms with van der Waals surface area (Å²) < 4.78 is 5.19. The molecule has 0 bridgehead atoms. The van der Waals surface area contributed by atoms with Crippen molar-refractivity contribution in [1.29, 1.82) is 0 Å². The number of halogens is 1. The summed E-state index contributed by atoms with van der Waals surface area (Å²) in [5.74, 6) is -0.390. The Morgan fingerprint density at radius 2 is 1.89 bits per heavy atom. The second-order valence-corrected chi connectivity index (χ2v) is 4.52. The van der Waals surface area contributed by atoms with E-state index in [0.717, 1.165) is 5.56 Å². The number of ether oxygens (including phenoxy) is 1. The molecule has 19 heavy (non-hydrogen) atoms. The van der Waals surface area contributed by atoms with Crippen molar-refractivity contribution in [2.45, 2.75) is 6.42 Å². The van der Waals surface area contributed by atoms with E-state index >= 15 is 0 Å². The fraction of sp³-hybridized carbons (Fsp3) is 0.133. The summed E-state index contributed by atoms with van der Waals surface area (Å²) in [4.78, 5) is 11.8. The number of nitrogens with two attached hydrogens (primary N) is 1. The summed E-state index contributed by atoms with van der Waals surface area (Å²) in [6.45, 7) is 0.339. The highest BCUT2D eigenvalue weighted by Crippen LogP contribution is 2.19. The van der Waals surface area contributed by atoms with Gasteiger partial charge in [-0.15, -0.1) is 0 Å². The Balaban J connectivity index is 1.89. The van der Waals surface area contributed by atoms with E-state index in [9.17, 15) is 4.79 Å². The summed E-state index contributed by atoms with van der Waals surface area (Å²) in [7, 11) is 0. The molecule has 2 rings (SSSR count). The molecule has 0 aliphatic heterocycles. The minimum Gasteiger partial charge on any atom is -0.462 e. The van der Waals surface area contributed by atoms with Gasteiger partial charge in [-0.25, -0.2) is 4.79 Å². The van der Waals surface area contributed by atoms with Crippen LogP contribution >= 0.6 is 11.6 Å². The molecule has 0 spiro atoms. The van der Waals surface area contributed by atoms with Crippen LogP contribution in [0, 0.1) is 0 Å². The van der Waals surface area contributed by atoms with Crippen molar-refractivity contribution in [3.05, 3.63) is 64.7 Å². The van der Waals surface area contributed by atoms with Gasteiger partial charge in [0, 0.05) is 6.42 Å². The van der Waals surface area contributed by atoms with Crippen molar-refractivity contribution < 1.29 is 9.53 Å². The lowest BCUT2D eigenvalue weighted by Crippen LogP contribution is -2.08. The van der Waals surface area contributed by atoms with Gasteiger partial charge in [-0.2, -0.15) is 0 Å². The standard InChI is InChI=1S/C15H14ClNO2/c16-13-7-6-12(10-14(13)17)15(18)19-9-8-11-4-2-1-3-5-11/h1-7,10H,8-9,17H2. The molecule has 2 aromatic rings. The highest BCUT2D eigenvalue weighted by molar-refractivity contribution is 6.33. The van der Waals surface area contributed by atoms with Crippen molar-refractivity contribution in [1.82, 2.24) is 0 Å². The molecule has 0 heterocycles. The average Bonchev–Trinajstić information content (AvgIpc) is 2.43. The lowest BCUT2D eigenvalue weighted by Gasteiger charge is -2.06. The molecule has 0 aliphatic rings. The first-order valence-corrected chi connectivity index (χ1v) is 6.30. The van der Waals surface area contributed by atoms with E-state index in [0.29, 0.717) is 29.3 Å². The summed E-state index contributed by atoms with van der Waals surface area (Å²) in [5, 5.41) is 0.431. The summed E-state index contributed by atoms with van der Waals surface area (Å²) in [6.07, 6.45) is 0.690. The zero-order valence-corrected chi connectivity index (χ0v) is 11.1. The maximum absolute atomic E-state index is 11.8. The highest BCUT2D eigenvalue weighted by Gasteiger charge is 2.08. The molecule has 0 unspecified atom stereocenters. The number of nitrogen functional groups attached to an aromatic ring is 1. The van der Waals surface area contributed by atoms with Crippen molar-refractivity contribution in [2.75, 3.05) is 12.3 Å². The quantitative estimate of drug-likeness (QED) is 0.688. The van der Waals surface area contributed by atoms with Gasteiger partial charge in [-0.1, -0.05) is 41.9 Å². The van der Waals surface area contributed by atoms with E-state index < -0.39 is 0 Å². The number of rotatable bonds is 4. The molecule has 4 heteroatoms. The maximum atomic E-state index is 11.8. The molecule has 0 aromatic heterocycles. The molecule has 2 aromatic carbocycles. The Bertz CT molecular complexity index is 570. The summed E-state index contributed by atoms with van der Waals surface area (Å²) in [6, 6.07) is 14.6. The molecule has 0 aliphatic carbocycles. The van der Waals surface area contributed by atoms with Gasteiger partial charge in [0.05, 0.1) is 22.9 Å². The van der Waals surface area contributed by atoms with Crippen LogP contribution in [0.5, 0.6) is 0 Å². The molecule has 98 valence electrons. The number of anilines is 1. The molecule has 0 saturated heterocycles. The van der Waals surface area contributed by atoms with Gasteiger partial charge in [0.1, 0.15) is 0 Å². The Morgan fingerprint density at radius 1 is 1.16 bits per heavy atom. The molecule has 0 radical (unpaired) electrons. The monoisotopic (exact) mass is 275 g/mol. The molecule has 0 saturated carbocycles. The minimum atomic E-state index is -0.390. The first-order valence-electron chi connectivity index (χ1n) is 5.93. The zero-order valence-electron chi connectivity index (χ0n) is 10.3. The van der Waals surface area contributed by atoms with Crippen molar-refractivity contribution in [3.63, 3.8) is 0 Å². The molecular formula is C15H14ClNO2. The van der Waals surface area contributed by atoms with Gasteiger partial charge < -0.3 is 10.5 Å². The number of carbonyl (C=O) groups excluding carboxylic acids is 1. The Hall–Kier alpha value is -2.00. The van der Waals surface area contributed by atoms with Crippen LogP contribution in [0.1, 0.15) is 15.9 Å². The van der Waals surface area contributed by atoms with Crippen LogP contribution in [0.4, 0.5) is 5.69 Å². The highest BCUT2D eigenvalue weighted by atomic mass is 35.5. The van der Waals surface area contributed by atoms with Crippen LogP contribution in [-0.2, 0) is 11.2 Å². The maximum Gasteiger partial charge on any atom is 0.338 e. The lowest BCUT2D eigenvalue weighted by molar-refractivity contribution is 0.0509. The minimum absolute atomic E-state index is 0.339. The van der Waals surface area contributed by atoms with E-state index in [4.69, 9.17) is 22.1 Å². The first-order chi connectivity index (χ1) is 9.16. The number of hydrogen-bond acceptors (Lipinski definition) is 3. The van der Waals surface area contributed by atoms with Crippen LogP contribution < -0.4 is 5.73 Å². The second-order valence-electron chi connectivity index (χ2n) is 4.11. The molecular weight excluding hydrogens is 262 g/mol. The van der Waals surface area contributed by atoms with Crippen molar-refractivity contribution >= 4 is 23.3 Å². The Kier molecular flexibility index (Phi) is 4.42. The van der Waals surface area contributed by atoms with E-state index in [1.54, 1.807) is 12.1 Å². The fourth-order valence-corrected chi connectivity index (χ4v) is 1.78. The first kappa shape index (κ1) is 13.4. The van der Waals surface area contributed by atoms with Crippen molar-refractivity contribution in [2.24, 2.45) is 0 Å². The Labute approximate surface area is 117 Å². The summed E-state index contributed by atoms with van der Waals surface area (Å²) >= 11 is 5.79. The van der Waals surface area contributed by atoms with Crippen molar-refractivity contribution in [3.8, 4) is 0 Å². The van der Waals surface area contributed by atoms with Gasteiger partial charge in [0.15, 0.2) is 0 Å². The predicted octanol–water partition coefficient (Wildman–Crippen LogP) is 3.32. The van der Waals surface area contributed by atoms with E-state index in [-0.39, 0.29) is 5.97 Å². The number of carbonyl (C=O) groups is 1. The number of benzene rings is 2.